The number of rotatable bonds is 4. The van der Waals surface area contributed by atoms with Crippen LogP contribution in [0.4, 0.5) is 0 Å². The lowest BCUT2D eigenvalue weighted by Crippen LogP contribution is -2.41. The predicted octanol–water partition coefficient (Wildman–Crippen LogP) is 5.94. The minimum atomic E-state index is -0.404. The SMILES string of the molecule is CC1CCCCC1(C)OC(=O)c1ccc(C(=O)OC2(C)CCCCC2C)cc1. The summed E-state index contributed by atoms with van der Waals surface area (Å²) in [5.41, 5.74) is 0.151. The molecule has 2 aliphatic rings. The molecule has 4 heteroatoms. The van der Waals surface area contributed by atoms with Crippen molar-refractivity contribution in [3.05, 3.63) is 35.4 Å². The predicted molar refractivity (Wildman–Crippen MR) is 109 cm³/mol. The summed E-state index contributed by atoms with van der Waals surface area (Å²) < 4.78 is 11.7. The fraction of sp³-hybridized carbons (Fsp3) is 0.667. The molecular formula is C24H34O4. The summed E-state index contributed by atoms with van der Waals surface area (Å²) in [4.78, 5) is 25.2. The number of benzene rings is 1. The molecule has 0 bridgehead atoms. The molecule has 3 rings (SSSR count). The second-order valence-electron chi connectivity index (χ2n) is 9.28. The van der Waals surface area contributed by atoms with Crippen molar-refractivity contribution in [2.24, 2.45) is 11.8 Å². The van der Waals surface area contributed by atoms with Gasteiger partial charge in [0.05, 0.1) is 11.1 Å². The van der Waals surface area contributed by atoms with Gasteiger partial charge in [0.25, 0.3) is 0 Å². The van der Waals surface area contributed by atoms with Gasteiger partial charge >= 0.3 is 11.9 Å². The zero-order chi connectivity index (χ0) is 20.4. The van der Waals surface area contributed by atoms with Crippen LogP contribution in [0.5, 0.6) is 0 Å². The van der Waals surface area contributed by atoms with E-state index in [-0.39, 0.29) is 11.9 Å². The first-order valence-electron chi connectivity index (χ1n) is 10.8. The van der Waals surface area contributed by atoms with E-state index >= 15 is 0 Å². The fourth-order valence-corrected chi connectivity index (χ4v) is 4.54. The van der Waals surface area contributed by atoms with Gasteiger partial charge in [-0.3, -0.25) is 0 Å². The minimum absolute atomic E-state index is 0.316. The van der Waals surface area contributed by atoms with Crippen molar-refractivity contribution in [2.45, 2.75) is 90.3 Å². The Morgan fingerprint density at radius 1 is 0.750 bits per heavy atom. The fourth-order valence-electron chi connectivity index (χ4n) is 4.54. The summed E-state index contributed by atoms with van der Waals surface area (Å²) in [5.74, 6) is 0.0865. The van der Waals surface area contributed by atoms with E-state index in [4.69, 9.17) is 9.47 Å². The Morgan fingerprint density at radius 2 is 1.11 bits per heavy atom. The van der Waals surface area contributed by atoms with Crippen molar-refractivity contribution >= 4 is 11.9 Å². The lowest BCUT2D eigenvalue weighted by Gasteiger charge is -2.39. The highest BCUT2D eigenvalue weighted by atomic mass is 16.6. The van der Waals surface area contributed by atoms with Crippen LogP contribution in [0, 0.1) is 11.8 Å². The largest absolute Gasteiger partial charge is 0.455 e. The molecule has 4 atom stereocenters. The molecule has 2 saturated carbocycles. The van der Waals surface area contributed by atoms with Crippen LogP contribution >= 0.6 is 0 Å². The zero-order valence-electron chi connectivity index (χ0n) is 17.8. The molecule has 154 valence electrons. The van der Waals surface area contributed by atoms with Crippen LogP contribution in [-0.4, -0.2) is 23.1 Å². The van der Waals surface area contributed by atoms with Gasteiger partial charge in [-0.15, -0.1) is 0 Å². The molecule has 0 radical (unpaired) electrons. The van der Waals surface area contributed by atoms with E-state index in [1.807, 2.05) is 13.8 Å². The Balaban J connectivity index is 1.64. The number of hydrogen-bond donors (Lipinski definition) is 0. The maximum absolute atomic E-state index is 12.6. The molecule has 0 aliphatic heterocycles. The molecule has 1 aromatic rings. The van der Waals surface area contributed by atoms with Crippen LogP contribution < -0.4 is 0 Å². The van der Waals surface area contributed by atoms with Gasteiger partial charge in [0, 0.05) is 0 Å². The summed E-state index contributed by atoms with van der Waals surface area (Å²) in [5, 5.41) is 0. The van der Waals surface area contributed by atoms with Gasteiger partial charge in [0.2, 0.25) is 0 Å². The Hall–Kier alpha value is -1.84. The molecule has 0 amide bonds. The highest BCUT2D eigenvalue weighted by Gasteiger charge is 2.38. The quantitative estimate of drug-likeness (QED) is 0.601. The Bertz CT molecular complexity index is 649. The first-order chi connectivity index (χ1) is 13.2. The van der Waals surface area contributed by atoms with Crippen molar-refractivity contribution in [1.82, 2.24) is 0 Å². The van der Waals surface area contributed by atoms with Crippen molar-refractivity contribution in [3.8, 4) is 0 Å². The minimum Gasteiger partial charge on any atom is -0.455 e. The van der Waals surface area contributed by atoms with E-state index in [1.165, 1.54) is 12.8 Å². The number of ether oxygens (including phenoxy) is 2. The van der Waals surface area contributed by atoms with E-state index in [0.29, 0.717) is 23.0 Å². The van der Waals surface area contributed by atoms with Crippen molar-refractivity contribution in [1.29, 1.82) is 0 Å². The normalized spacial score (nSPS) is 33.1. The van der Waals surface area contributed by atoms with E-state index in [2.05, 4.69) is 13.8 Å². The van der Waals surface area contributed by atoms with E-state index in [9.17, 15) is 9.59 Å². The molecule has 0 saturated heterocycles. The maximum atomic E-state index is 12.6. The number of esters is 2. The number of carbonyl (C=O) groups excluding carboxylic acids is 2. The molecule has 4 unspecified atom stereocenters. The van der Waals surface area contributed by atoms with Crippen LogP contribution in [0.15, 0.2) is 24.3 Å². The first kappa shape index (κ1) is 20.9. The van der Waals surface area contributed by atoms with Gasteiger partial charge in [-0.25, -0.2) is 9.59 Å². The standard InChI is InChI=1S/C24H34O4/c1-17-9-5-7-15-23(17,3)27-21(25)19-11-13-20(14-12-19)22(26)28-24(4)16-8-6-10-18(24)2/h11-14,17-18H,5-10,15-16H2,1-4H3. The van der Waals surface area contributed by atoms with Gasteiger partial charge < -0.3 is 9.47 Å². The summed E-state index contributed by atoms with van der Waals surface area (Å²) in [6, 6.07) is 6.68. The highest BCUT2D eigenvalue weighted by molar-refractivity contribution is 5.93. The summed E-state index contributed by atoms with van der Waals surface area (Å²) in [7, 11) is 0. The van der Waals surface area contributed by atoms with Crippen LogP contribution in [0.2, 0.25) is 0 Å². The lowest BCUT2D eigenvalue weighted by molar-refractivity contribution is -0.0560. The topological polar surface area (TPSA) is 52.6 Å². The molecule has 0 spiro atoms. The maximum Gasteiger partial charge on any atom is 0.338 e. The van der Waals surface area contributed by atoms with Crippen LogP contribution in [-0.2, 0) is 9.47 Å². The molecule has 28 heavy (non-hydrogen) atoms. The number of hydrogen-bond acceptors (Lipinski definition) is 4. The van der Waals surface area contributed by atoms with Crippen molar-refractivity contribution < 1.29 is 19.1 Å². The number of carbonyl (C=O) groups is 2. The van der Waals surface area contributed by atoms with Gasteiger partial charge in [-0.1, -0.05) is 26.7 Å². The van der Waals surface area contributed by atoms with Gasteiger partial charge in [0.15, 0.2) is 0 Å². The van der Waals surface area contributed by atoms with Gasteiger partial charge in [-0.2, -0.15) is 0 Å². The molecule has 0 aromatic heterocycles. The summed E-state index contributed by atoms with van der Waals surface area (Å²) in [6.45, 7) is 8.37. The second-order valence-corrected chi connectivity index (χ2v) is 9.28. The zero-order valence-corrected chi connectivity index (χ0v) is 17.8. The second kappa shape index (κ2) is 8.26. The molecular weight excluding hydrogens is 352 g/mol. The van der Waals surface area contributed by atoms with Gasteiger partial charge in [-0.05, 0) is 88.5 Å². The van der Waals surface area contributed by atoms with Crippen LogP contribution in [0.25, 0.3) is 0 Å². The molecule has 4 nitrogen and oxygen atoms in total. The first-order valence-corrected chi connectivity index (χ1v) is 10.8. The lowest BCUT2D eigenvalue weighted by atomic mass is 9.77. The Kier molecular flexibility index (Phi) is 6.16. The average molecular weight is 387 g/mol. The molecule has 0 N–H and O–H groups in total. The van der Waals surface area contributed by atoms with Gasteiger partial charge in [0.1, 0.15) is 11.2 Å². The summed E-state index contributed by atoms with van der Waals surface area (Å²) >= 11 is 0. The van der Waals surface area contributed by atoms with Crippen LogP contribution in [0.3, 0.4) is 0 Å². The van der Waals surface area contributed by atoms with Crippen molar-refractivity contribution in [2.75, 3.05) is 0 Å². The molecule has 2 aliphatic carbocycles. The highest BCUT2D eigenvalue weighted by Crippen LogP contribution is 2.38. The van der Waals surface area contributed by atoms with Crippen molar-refractivity contribution in [3.63, 3.8) is 0 Å². The van der Waals surface area contributed by atoms with E-state index in [1.54, 1.807) is 24.3 Å². The third-order valence-corrected chi connectivity index (χ3v) is 7.21. The average Bonchev–Trinajstić information content (AvgIpc) is 2.67. The monoisotopic (exact) mass is 386 g/mol. The molecule has 0 heterocycles. The molecule has 2 fully saturated rings. The smallest absolute Gasteiger partial charge is 0.338 e. The van der Waals surface area contributed by atoms with E-state index < -0.39 is 11.2 Å². The van der Waals surface area contributed by atoms with E-state index in [0.717, 1.165) is 38.5 Å². The Labute approximate surface area is 169 Å². The third-order valence-electron chi connectivity index (χ3n) is 7.21. The Morgan fingerprint density at radius 3 is 1.43 bits per heavy atom. The molecule has 1 aromatic carbocycles. The summed E-state index contributed by atoms with van der Waals surface area (Å²) in [6.07, 6.45) is 8.57. The van der Waals surface area contributed by atoms with Crippen LogP contribution in [0.1, 0.15) is 99.8 Å². The third kappa shape index (κ3) is 4.42.